The first-order valence-electron chi connectivity index (χ1n) is 11.2. The average molecular weight is 458 g/mol. The summed E-state index contributed by atoms with van der Waals surface area (Å²) in [5, 5.41) is 21.6. The van der Waals surface area contributed by atoms with Crippen LogP contribution in [0.5, 0.6) is 5.75 Å². The van der Waals surface area contributed by atoms with E-state index in [2.05, 4.69) is 26.1 Å². The van der Waals surface area contributed by atoms with Gasteiger partial charge in [-0.1, -0.05) is 45.0 Å². The number of anilines is 1. The van der Waals surface area contributed by atoms with Crippen molar-refractivity contribution in [2.24, 2.45) is 0 Å². The van der Waals surface area contributed by atoms with Gasteiger partial charge in [0.25, 0.3) is 5.91 Å². The van der Waals surface area contributed by atoms with E-state index in [1.54, 1.807) is 38.1 Å². The van der Waals surface area contributed by atoms with E-state index in [4.69, 9.17) is 9.47 Å². The van der Waals surface area contributed by atoms with Gasteiger partial charge in [0.05, 0.1) is 6.10 Å². The molecule has 0 fully saturated rings. The third-order valence-electron chi connectivity index (χ3n) is 5.01. The summed E-state index contributed by atoms with van der Waals surface area (Å²) < 4.78 is 11.3. The number of hydrogen-bond donors (Lipinski definition) is 3. The summed E-state index contributed by atoms with van der Waals surface area (Å²) in [4.78, 5) is 24.3. The van der Waals surface area contributed by atoms with Gasteiger partial charge in [0, 0.05) is 25.1 Å². The highest BCUT2D eigenvalue weighted by atomic mass is 16.5. The standard InChI is InChI=1S/C26H35NO6/c1-17(2)32-23(25(30)31)16-18-7-6-8-20(15-18)27-24(29)22(13-14-28)33-21-11-9-19(10-12-21)26(3,4)5/h6-12,15,17,22-23,28H,13-14,16H2,1-5H3,(H,27,29)(H,30,31). The van der Waals surface area contributed by atoms with Gasteiger partial charge in [-0.15, -0.1) is 0 Å². The van der Waals surface area contributed by atoms with E-state index in [-0.39, 0.29) is 31.0 Å². The zero-order valence-corrected chi connectivity index (χ0v) is 20.0. The summed E-state index contributed by atoms with van der Waals surface area (Å²) in [5.74, 6) is -0.887. The number of amides is 1. The fourth-order valence-electron chi connectivity index (χ4n) is 3.29. The second kappa shape index (κ2) is 11.8. The van der Waals surface area contributed by atoms with Gasteiger partial charge in [-0.3, -0.25) is 4.79 Å². The van der Waals surface area contributed by atoms with Crippen molar-refractivity contribution in [2.45, 2.75) is 71.2 Å². The predicted molar refractivity (Wildman–Crippen MR) is 128 cm³/mol. The molecule has 0 heterocycles. The highest BCUT2D eigenvalue weighted by Crippen LogP contribution is 2.25. The normalized spacial score (nSPS) is 13.4. The van der Waals surface area contributed by atoms with Gasteiger partial charge in [-0.2, -0.15) is 0 Å². The highest BCUT2D eigenvalue weighted by molar-refractivity contribution is 5.94. The largest absolute Gasteiger partial charge is 0.481 e. The number of aliphatic hydroxyl groups is 1. The van der Waals surface area contributed by atoms with E-state index in [0.29, 0.717) is 11.4 Å². The molecule has 2 unspecified atom stereocenters. The van der Waals surface area contributed by atoms with E-state index < -0.39 is 24.1 Å². The van der Waals surface area contributed by atoms with Crippen LogP contribution in [0.1, 0.15) is 52.2 Å². The molecule has 3 N–H and O–H groups in total. The quantitative estimate of drug-likeness (QED) is 0.468. The number of hydrogen-bond acceptors (Lipinski definition) is 5. The number of aliphatic hydroxyl groups excluding tert-OH is 1. The van der Waals surface area contributed by atoms with E-state index in [1.807, 2.05) is 24.3 Å². The Morgan fingerprint density at radius 3 is 2.24 bits per heavy atom. The summed E-state index contributed by atoms with van der Waals surface area (Å²) in [6.45, 7) is 9.71. The Morgan fingerprint density at radius 1 is 1.03 bits per heavy atom. The van der Waals surface area contributed by atoms with Crippen molar-refractivity contribution in [1.82, 2.24) is 0 Å². The van der Waals surface area contributed by atoms with Gasteiger partial charge in [0.15, 0.2) is 12.2 Å². The lowest BCUT2D eigenvalue weighted by atomic mass is 9.87. The maximum Gasteiger partial charge on any atom is 0.333 e. The van der Waals surface area contributed by atoms with Crippen LogP contribution in [0.25, 0.3) is 0 Å². The van der Waals surface area contributed by atoms with Gasteiger partial charge < -0.3 is 25.0 Å². The second-order valence-corrected chi connectivity index (χ2v) is 9.30. The van der Waals surface area contributed by atoms with Crippen LogP contribution in [0.4, 0.5) is 5.69 Å². The SMILES string of the molecule is CC(C)OC(Cc1cccc(NC(=O)C(CCO)Oc2ccc(C(C)(C)C)cc2)c1)C(=O)O. The number of nitrogens with one attached hydrogen (secondary N) is 1. The minimum Gasteiger partial charge on any atom is -0.481 e. The third kappa shape index (κ3) is 8.51. The number of benzene rings is 2. The molecule has 2 aromatic rings. The summed E-state index contributed by atoms with van der Waals surface area (Å²) >= 11 is 0. The van der Waals surface area contributed by atoms with Crippen LogP contribution >= 0.6 is 0 Å². The molecule has 0 saturated carbocycles. The molecular formula is C26H35NO6. The summed E-state index contributed by atoms with van der Waals surface area (Å²) in [7, 11) is 0. The van der Waals surface area contributed by atoms with Gasteiger partial charge in [-0.25, -0.2) is 4.79 Å². The van der Waals surface area contributed by atoms with Gasteiger partial charge in [-0.05, 0) is 54.7 Å². The van der Waals surface area contributed by atoms with Crippen molar-refractivity contribution in [3.8, 4) is 5.75 Å². The first-order chi connectivity index (χ1) is 15.5. The lowest BCUT2D eigenvalue weighted by Gasteiger charge is -2.21. The highest BCUT2D eigenvalue weighted by Gasteiger charge is 2.23. The molecule has 0 bridgehead atoms. The summed E-state index contributed by atoms with van der Waals surface area (Å²) in [5.41, 5.74) is 2.39. The molecule has 1 amide bonds. The van der Waals surface area contributed by atoms with E-state index in [9.17, 15) is 19.8 Å². The lowest BCUT2D eigenvalue weighted by Crippen LogP contribution is -2.34. The molecular weight excluding hydrogens is 422 g/mol. The van der Waals surface area contributed by atoms with Crippen molar-refractivity contribution in [1.29, 1.82) is 0 Å². The molecule has 2 atom stereocenters. The van der Waals surface area contributed by atoms with Crippen molar-refractivity contribution in [3.63, 3.8) is 0 Å². The number of rotatable bonds is 11. The summed E-state index contributed by atoms with van der Waals surface area (Å²) in [6, 6.07) is 14.5. The smallest absolute Gasteiger partial charge is 0.333 e. The second-order valence-electron chi connectivity index (χ2n) is 9.30. The molecule has 2 rings (SSSR count). The molecule has 2 aromatic carbocycles. The predicted octanol–water partition coefficient (Wildman–Crippen LogP) is 4.17. The molecule has 0 spiro atoms. The Hall–Kier alpha value is -2.90. The summed E-state index contributed by atoms with van der Waals surface area (Å²) in [6.07, 6.45) is -1.76. The molecule has 0 saturated heterocycles. The van der Waals surface area contributed by atoms with E-state index in [0.717, 1.165) is 11.1 Å². The first kappa shape index (κ1) is 26.4. The van der Waals surface area contributed by atoms with Crippen LogP contribution in [-0.4, -0.2) is 47.0 Å². The average Bonchev–Trinajstić information content (AvgIpc) is 2.72. The Kier molecular flexibility index (Phi) is 9.44. The molecule has 7 nitrogen and oxygen atoms in total. The Labute approximate surface area is 195 Å². The zero-order valence-electron chi connectivity index (χ0n) is 20.0. The number of carbonyl (C=O) groups excluding carboxylic acids is 1. The maximum atomic E-state index is 12.9. The molecule has 33 heavy (non-hydrogen) atoms. The Bertz CT molecular complexity index is 917. The van der Waals surface area contributed by atoms with Crippen LogP contribution in [0.15, 0.2) is 48.5 Å². The number of carbonyl (C=O) groups is 2. The van der Waals surface area contributed by atoms with Crippen molar-refractivity contribution >= 4 is 17.6 Å². The van der Waals surface area contributed by atoms with Gasteiger partial charge in [0.2, 0.25) is 0 Å². The first-order valence-corrected chi connectivity index (χ1v) is 11.2. The molecule has 0 radical (unpaired) electrons. The van der Waals surface area contributed by atoms with Crippen LogP contribution in [0.3, 0.4) is 0 Å². The molecule has 180 valence electrons. The van der Waals surface area contributed by atoms with Crippen molar-refractivity contribution in [2.75, 3.05) is 11.9 Å². The monoisotopic (exact) mass is 457 g/mol. The lowest BCUT2D eigenvalue weighted by molar-refractivity contribution is -0.153. The minimum atomic E-state index is -1.04. The molecule has 7 heteroatoms. The molecule has 0 aliphatic heterocycles. The fourth-order valence-corrected chi connectivity index (χ4v) is 3.29. The Balaban J connectivity index is 2.09. The van der Waals surface area contributed by atoms with E-state index >= 15 is 0 Å². The van der Waals surface area contributed by atoms with Gasteiger partial charge in [0.1, 0.15) is 5.75 Å². The van der Waals surface area contributed by atoms with Crippen LogP contribution < -0.4 is 10.1 Å². The number of carboxylic acid groups (broad SMARTS) is 1. The van der Waals surface area contributed by atoms with Crippen LogP contribution in [-0.2, 0) is 26.2 Å². The number of ether oxygens (including phenoxy) is 2. The zero-order chi connectivity index (χ0) is 24.6. The fraction of sp³-hybridized carbons (Fsp3) is 0.462. The number of aliphatic carboxylic acids is 1. The van der Waals surface area contributed by atoms with Crippen molar-refractivity contribution < 1.29 is 29.3 Å². The minimum absolute atomic E-state index is 0.00524. The van der Waals surface area contributed by atoms with Gasteiger partial charge >= 0.3 is 5.97 Å². The molecule has 0 aromatic heterocycles. The molecule has 0 aliphatic rings. The Morgan fingerprint density at radius 2 is 1.70 bits per heavy atom. The number of carboxylic acids is 1. The van der Waals surface area contributed by atoms with Crippen LogP contribution in [0, 0.1) is 0 Å². The van der Waals surface area contributed by atoms with E-state index in [1.165, 1.54) is 0 Å². The third-order valence-corrected chi connectivity index (χ3v) is 5.01. The van der Waals surface area contributed by atoms with Crippen LogP contribution in [0.2, 0.25) is 0 Å². The molecule has 0 aliphatic carbocycles. The topological polar surface area (TPSA) is 105 Å². The maximum absolute atomic E-state index is 12.9. The van der Waals surface area contributed by atoms with Crippen molar-refractivity contribution in [3.05, 3.63) is 59.7 Å².